The monoisotopic (exact) mass is 351 g/mol. The highest BCUT2D eigenvalue weighted by molar-refractivity contribution is 9.10. The van der Waals surface area contributed by atoms with Crippen LogP contribution >= 0.6 is 27.5 Å². The SMILES string of the molecule is O=S1(=O)CCC(CNCc2ccc(Cl)c(Br)c2)C1. The van der Waals surface area contributed by atoms with Crippen LogP contribution in [-0.4, -0.2) is 26.5 Å². The molecule has 0 amide bonds. The quantitative estimate of drug-likeness (QED) is 0.906. The standard InChI is InChI=1S/C12H15BrClNO2S/c13-11-5-9(1-2-12(11)14)6-15-7-10-3-4-18(16,17)8-10/h1-2,5,10,15H,3-4,6-8H2. The van der Waals surface area contributed by atoms with E-state index in [2.05, 4.69) is 21.2 Å². The van der Waals surface area contributed by atoms with Crippen LogP contribution in [0, 0.1) is 5.92 Å². The third-order valence-corrected chi connectivity index (χ3v) is 6.12. The molecule has 1 saturated heterocycles. The maximum absolute atomic E-state index is 11.3. The summed E-state index contributed by atoms with van der Waals surface area (Å²) in [4.78, 5) is 0. The maximum atomic E-state index is 11.3. The van der Waals surface area contributed by atoms with Gasteiger partial charge < -0.3 is 5.32 Å². The Kier molecular flexibility index (Phi) is 4.69. The van der Waals surface area contributed by atoms with Gasteiger partial charge in [0.15, 0.2) is 9.84 Å². The van der Waals surface area contributed by atoms with Crippen molar-refractivity contribution in [2.75, 3.05) is 18.1 Å². The van der Waals surface area contributed by atoms with Gasteiger partial charge in [-0.1, -0.05) is 17.7 Å². The number of rotatable bonds is 4. The zero-order valence-corrected chi connectivity index (χ0v) is 13.0. The molecular weight excluding hydrogens is 338 g/mol. The molecule has 0 bridgehead atoms. The molecule has 1 aliphatic rings. The predicted octanol–water partition coefficient (Wildman–Crippen LogP) is 2.63. The summed E-state index contributed by atoms with van der Waals surface area (Å²) in [6.45, 7) is 1.48. The summed E-state index contributed by atoms with van der Waals surface area (Å²) >= 11 is 9.30. The van der Waals surface area contributed by atoms with E-state index in [4.69, 9.17) is 11.6 Å². The Morgan fingerprint density at radius 3 is 2.83 bits per heavy atom. The van der Waals surface area contributed by atoms with Crippen LogP contribution in [0.4, 0.5) is 0 Å². The van der Waals surface area contributed by atoms with Gasteiger partial charge in [-0.2, -0.15) is 0 Å². The summed E-state index contributed by atoms with van der Waals surface area (Å²) in [5.74, 6) is 0.918. The Morgan fingerprint density at radius 2 is 2.22 bits per heavy atom. The van der Waals surface area contributed by atoms with Crippen molar-refractivity contribution in [3.63, 3.8) is 0 Å². The van der Waals surface area contributed by atoms with Gasteiger partial charge in [0.1, 0.15) is 0 Å². The zero-order valence-electron chi connectivity index (χ0n) is 9.83. The molecule has 0 aromatic heterocycles. The molecule has 0 aliphatic carbocycles. The van der Waals surface area contributed by atoms with E-state index < -0.39 is 9.84 Å². The van der Waals surface area contributed by atoms with Gasteiger partial charge in [0.2, 0.25) is 0 Å². The Labute approximate surface area is 121 Å². The summed E-state index contributed by atoms with van der Waals surface area (Å²) in [5.41, 5.74) is 1.13. The molecule has 1 unspecified atom stereocenters. The van der Waals surface area contributed by atoms with E-state index >= 15 is 0 Å². The molecule has 1 N–H and O–H groups in total. The van der Waals surface area contributed by atoms with Crippen LogP contribution in [-0.2, 0) is 16.4 Å². The van der Waals surface area contributed by atoms with Crippen molar-refractivity contribution in [2.24, 2.45) is 5.92 Å². The van der Waals surface area contributed by atoms with Crippen LogP contribution < -0.4 is 5.32 Å². The van der Waals surface area contributed by atoms with E-state index in [-0.39, 0.29) is 5.92 Å². The minimum atomic E-state index is -2.77. The van der Waals surface area contributed by atoms with Crippen LogP contribution in [0.25, 0.3) is 0 Å². The third-order valence-electron chi connectivity index (χ3n) is 3.07. The highest BCUT2D eigenvalue weighted by atomic mass is 79.9. The van der Waals surface area contributed by atoms with Crippen LogP contribution in [0.1, 0.15) is 12.0 Å². The van der Waals surface area contributed by atoms with E-state index in [1.807, 2.05) is 18.2 Å². The van der Waals surface area contributed by atoms with Crippen molar-refractivity contribution in [3.05, 3.63) is 33.3 Å². The molecule has 18 heavy (non-hydrogen) atoms. The summed E-state index contributed by atoms with van der Waals surface area (Å²) < 4.78 is 23.5. The first-order chi connectivity index (χ1) is 8.46. The molecular formula is C12H15BrClNO2S. The van der Waals surface area contributed by atoms with E-state index in [0.717, 1.165) is 29.5 Å². The van der Waals surface area contributed by atoms with Crippen molar-refractivity contribution < 1.29 is 8.42 Å². The van der Waals surface area contributed by atoms with E-state index in [1.165, 1.54) is 0 Å². The van der Waals surface area contributed by atoms with Crippen molar-refractivity contribution in [1.82, 2.24) is 5.32 Å². The minimum absolute atomic E-state index is 0.255. The Bertz CT molecular complexity index is 533. The lowest BCUT2D eigenvalue weighted by atomic mass is 10.1. The average molecular weight is 353 g/mol. The minimum Gasteiger partial charge on any atom is -0.312 e. The highest BCUT2D eigenvalue weighted by Crippen LogP contribution is 2.23. The third kappa shape index (κ3) is 3.95. The topological polar surface area (TPSA) is 46.2 Å². The summed E-state index contributed by atoms with van der Waals surface area (Å²) in [5, 5.41) is 3.99. The number of sulfone groups is 1. The molecule has 1 aliphatic heterocycles. The van der Waals surface area contributed by atoms with Crippen molar-refractivity contribution in [3.8, 4) is 0 Å². The Hall–Kier alpha value is -0.100. The van der Waals surface area contributed by atoms with Gasteiger partial charge in [0, 0.05) is 11.0 Å². The van der Waals surface area contributed by atoms with Crippen molar-refractivity contribution >= 4 is 37.4 Å². The fourth-order valence-electron chi connectivity index (χ4n) is 2.10. The Morgan fingerprint density at radius 1 is 1.44 bits per heavy atom. The highest BCUT2D eigenvalue weighted by Gasteiger charge is 2.27. The molecule has 1 atom stereocenters. The van der Waals surface area contributed by atoms with E-state index in [1.54, 1.807) is 0 Å². The van der Waals surface area contributed by atoms with Crippen molar-refractivity contribution in [1.29, 1.82) is 0 Å². The first kappa shape index (κ1) is 14.3. The van der Waals surface area contributed by atoms with Crippen LogP contribution in [0.3, 0.4) is 0 Å². The molecule has 0 radical (unpaired) electrons. The lowest BCUT2D eigenvalue weighted by molar-refractivity contribution is 0.521. The fraction of sp³-hybridized carbons (Fsp3) is 0.500. The maximum Gasteiger partial charge on any atom is 0.150 e. The van der Waals surface area contributed by atoms with Gasteiger partial charge in [-0.3, -0.25) is 0 Å². The molecule has 0 saturated carbocycles. The number of hydrogen-bond donors (Lipinski definition) is 1. The van der Waals surface area contributed by atoms with Gasteiger partial charge in [0.25, 0.3) is 0 Å². The van der Waals surface area contributed by atoms with Crippen molar-refractivity contribution in [2.45, 2.75) is 13.0 Å². The zero-order chi connectivity index (χ0) is 13.2. The lowest BCUT2D eigenvalue weighted by Gasteiger charge is -2.10. The fourth-order valence-corrected chi connectivity index (χ4v) is 4.51. The molecule has 0 spiro atoms. The summed E-state index contributed by atoms with van der Waals surface area (Å²) in [6, 6.07) is 5.79. The second kappa shape index (κ2) is 5.90. The number of hydrogen-bond acceptors (Lipinski definition) is 3. The van der Waals surface area contributed by atoms with Gasteiger partial charge in [-0.05, 0) is 52.5 Å². The first-order valence-electron chi connectivity index (χ1n) is 5.81. The van der Waals surface area contributed by atoms with Crippen LogP contribution in [0.15, 0.2) is 22.7 Å². The molecule has 1 fully saturated rings. The molecule has 1 aromatic rings. The number of halogens is 2. The van der Waals surface area contributed by atoms with Gasteiger partial charge in [0.05, 0.1) is 16.5 Å². The smallest absolute Gasteiger partial charge is 0.150 e. The lowest BCUT2D eigenvalue weighted by Crippen LogP contribution is -2.23. The molecule has 100 valence electrons. The second-order valence-corrected chi connectivity index (χ2v) is 8.14. The molecule has 1 heterocycles. The summed E-state index contributed by atoms with van der Waals surface area (Å²) in [7, 11) is -2.77. The molecule has 1 aromatic carbocycles. The summed E-state index contributed by atoms with van der Waals surface area (Å²) in [6.07, 6.45) is 0.777. The normalized spacial score (nSPS) is 22.2. The van der Waals surface area contributed by atoms with E-state index in [0.29, 0.717) is 16.5 Å². The molecule has 3 nitrogen and oxygen atoms in total. The predicted molar refractivity (Wildman–Crippen MR) is 77.6 cm³/mol. The first-order valence-corrected chi connectivity index (χ1v) is 8.80. The second-order valence-electron chi connectivity index (χ2n) is 4.65. The number of nitrogens with one attached hydrogen (secondary N) is 1. The van der Waals surface area contributed by atoms with Gasteiger partial charge >= 0.3 is 0 Å². The van der Waals surface area contributed by atoms with Gasteiger partial charge in [-0.15, -0.1) is 0 Å². The molecule has 2 rings (SSSR count). The van der Waals surface area contributed by atoms with Crippen LogP contribution in [0.5, 0.6) is 0 Å². The Balaban J connectivity index is 1.80. The van der Waals surface area contributed by atoms with Crippen LogP contribution in [0.2, 0.25) is 5.02 Å². The molecule has 6 heteroatoms. The average Bonchev–Trinajstić information content (AvgIpc) is 2.63. The largest absolute Gasteiger partial charge is 0.312 e. The van der Waals surface area contributed by atoms with E-state index in [9.17, 15) is 8.42 Å². The van der Waals surface area contributed by atoms with Gasteiger partial charge in [-0.25, -0.2) is 8.42 Å². The number of benzene rings is 1.